The van der Waals surface area contributed by atoms with Gasteiger partial charge in [0, 0.05) is 18.0 Å². The molecule has 0 unspecified atom stereocenters. The van der Waals surface area contributed by atoms with E-state index < -0.39 is 18.5 Å². The Bertz CT molecular complexity index is 283. The number of ether oxygens (including phenoxy) is 1. The van der Waals surface area contributed by atoms with Gasteiger partial charge in [0.15, 0.2) is 0 Å². The summed E-state index contributed by atoms with van der Waals surface area (Å²) in [6, 6.07) is 0. The molecule has 0 aromatic carbocycles. The van der Waals surface area contributed by atoms with Gasteiger partial charge in [-0.1, -0.05) is 0 Å². The Morgan fingerprint density at radius 3 is 2.15 bits per heavy atom. The van der Waals surface area contributed by atoms with E-state index in [-0.39, 0.29) is 51.4 Å². The fourth-order valence-corrected chi connectivity index (χ4v) is 0.718. The Hall–Kier alpha value is 0.371. The molecule has 0 amide bonds. The maximum Gasteiger partial charge on any atom is 1.00 e. The third-order valence-corrected chi connectivity index (χ3v) is 1.19. The summed E-state index contributed by atoms with van der Waals surface area (Å²) in [6.07, 6.45) is 2.12. The summed E-state index contributed by atoms with van der Waals surface area (Å²) in [5.41, 5.74) is -1.04. The van der Waals surface area contributed by atoms with E-state index in [1.807, 2.05) is 0 Å². The molecular weight excluding hydrogens is 211 g/mol. The number of rotatable bonds is 2. The normalized spacial score (nSPS) is 10.5. The molecule has 0 aliphatic rings. The standard InChI is InChI=1S/C5H5BF3N2O.K/c1-12-5-4(6(7,8)9)10-2-3-11-5;/h2-3H,1H3;/q-1;+1. The van der Waals surface area contributed by atoms with Crippen LogP contribution in [0.4, 0.5) is 12.9 Å². The maximum absolute atomic E-state index is 12.1. The molecule has 0 N–H and O–H groups in total. The van der Waals surface area contributed by atoms with E-state index >= 15 is 0 Å². The minimum Gasteiger partial charge on any atom is -0.482 e. The average molecular weight is 216 g/mol. The summed E-state index contributed by atoms with van der Waals surface area (Å²) in [5, 5.41) is 0. The minimum absolute atomic E-state index is 0. The number of halogens is 3. The molecule has 0 aliphatic heterocycles. The molecule has 0 atom stereocenters. The number of hydrogen-bond donors (Lipinski definition) is 0. The molecule has 13 heavy (non-hydrogen) atoms. The van der Waals surface area contributed by atoms with Crippen molar-refractivity contribution in [2.45, 2.75) is 0 Å². The van der Waals surface area contributed by atoms with Crippen LogP contribution in [0.5, 0.6) is 5.88 Å². The van der Waals surface area contributed by atoms with E-state index in [4.69, 9.17) is 0 Å². The van der Waals surface area contributed by atoms with Crippen LogP contribution in [0.15, 0.2) is 12.4 Å². The van der Waals surface area contributed by atoms with Gasteiger partial charge in [-0.3, -0.25) is 4.98 Å². The Labute approximate surface area is 116 Å². The first kappa shape index (κ1) is 13.4. The van der Waals surface area contributed by atoms with E-state index in [1.54, 1.807) is 0 Å². The molecule has 0 aliphatic carbocycles. The maximum atomic E-state index is 12.1. The van der Waals surface area contributed by atoms with Crippen molar-refractivity contribution in [3.8, 4) is 5.88 Å². The summed E-state index contributed by atoms with van der Waals surface area (Å²) in [6.45, 7) is -5.14. The Balaban J connectivity index is 0.00000144. The number of hydrogen-bond acceptors (Lipinski definition) is 3. The molecule has 0 saturated carbocycles. The van der Waals surface area contributed by atoms with E-state index in [2.05, 4.69) is 14.7 Å². The molecule has 0 radical (unpaired) electrons. The van der Waals surface area contributed by atoms with Gasteiger partial charge in [0.05, 0.1) is 7.11 Å². The minimum atomic E-state index is -5.14. The van der Waals surface area contributed by atoms with Crippen molar-refractivity contribution < 1.29 is 69.1 Å². The van der Waals surface area contributed by atoms with Gasteiger partial charge in [-0.25, -0.2) is 4.98 Å². The largest absolute Gasteiger partial charge is 1.00 e. The van der Waals surface area contributed by atoms with Gasteiger partial charge in [0.25, 0.3) is 0 Å². The van der Waals surface area contributed by atoms with Crippen LogP contribution >= 0.6 is 0 Å². The van der Waals surface area contributed by atoms with Crippen molar-refractivity contribution in [1.29, 1.82) is 0 Å². The molecule has 0 fully saturated rings. The number of aromatic nitrogens is 2. The van der Waals surface area contributed by atoms with Crippen LogP contribution in [-0.2, 0) is 0 Å². The van der Waals surface area contributed by atoms with E-state index in [1.165, 1.54) is 0 Å². The van der Waals surface area contributed by atoms with Crippen LogP contribution in [0.1, 0.15) is 0 Å². The van der Waals surface area contributed by atoms with Gasteiger partial charge in [-0.2, -0.15) is 0 Å². The first-order valence-electron chi connectivity index (χ1n) is 3.10. The Morgan fingerprint density at radius 2 is 1.77 bits per heavy atom. The predicted octanol–water partition coefficient (Wildman–Crippen LogP) is -2.46. The summed E-state index contributed by atoms with van der Waals surface area (Å²) in [4.78, 5) is 6.51. The zero-order chi connectivity index (χ0) is 9.19. The van der Waals surface area contributed by atoms with Crippen molar-refractivity contribution in [2.24, 2.45) is 0 Å². The Kier molecular flexibility index (Phi) is 5.45. The van der Waals surface area contributed by atoms with Gasteiger partial charge in [0.2, 0.25) is 5.88 Å². The number of methoxy groups -OCH3 is 1. The Morgan fingerprint density at radius 1 is 1.23 bits per heavy atom. The molecule has 66 valence electrons. The summed E-state index contributed by atoms with van der Waals surface area (Å²) in [7, 11) is 1.12. The second kappa shape index (κ2) is 5.30. The third kappa shape index (κ3) is 3.55. The topological polar surface area (TPSA) is 35.0 Å². The number of nitrogens with zero attached hydrogens (tertiary/aromatic N) is 2. The summed E-state index contributed by atoms with van der Waals surface area (Å²) < 4.78 is 40.7. The SMILES string of the molecule is COc1nccnc1[B-](F)(F)F.[K+]. The second-order valence-electron chi connectivity index (χ2n) is 2.03. The van der Waals surface area contributed by atoms with Crippen molar-refractivity contribution in [3.63, 3.8) is 0 Å². The summed E-state index contributed by atoms with van der Waals surface area (Å²) >= 11 is 0. The average Bonchev–Trinajstić information content (AvgIpc) is 2.03. The molecule has 1 heterocycles. The van der Waals surface area contributed by atoms with Gasteiger partial charge in [0.1, 0.15) is 0 Å². The fourth-order valence-electron chi connectivity index (χ4n) is 0.718. The first-order valence-corrected chi connectivity index (χ1v) is 3.10. The zero-order valence-electron chi connectivity index (χ0n) is 7.17. The predicted molar refractivity (Wildman–Crippen MR) is 37.3 cm³/mol. The molecule has 1 aromatic rings. The second-order valence-corrected chi connectivity index (χ2v) is 2.03. The zero-order valence-corrected chi connectivity index (χ0v) is 10.3. The van der Waals surface area contributed by atoms with Crippen molar-refractivity contribution in [3.05, 3.63) is 12.4 Å². The smallest absolute Gasteiger partial charge is 0.482 e. The van der Waals surface area contributed by atoms with Crippen LogP contribution in [0.2, 0.25) is 0 Å². The molecule has 1 aromatic heterocycles. The van der Waals surface area contributed by atoms with Crippen LogP contribution in [0.3, 0.4) is 0 Å². The van der Waals surface area contributed by atoms with Crippen LogP contribution < -0.4 is 61.7 Å². The van der Waals surface area contributed by atoms with Gasteiger partial charge in [-0.15, -0.1) is 0 Å². The van der Waals surface area contributed by atoms with Crippen molar-refractivity contribution in [2.75, 3.05) is 7.11 Å². The van der Waals surface area contributed by atoms with Gasteiger partial charge in [-0.05, 0) is 0 Å². The van der Waals surface area contributed by atoms with Gasteiger partial charge < -0.3 is 17.7 Å². The molecule has 1 rings (SSSR count). The molecular formula is C5H5BF3KN2O. The first-order chi connectivity index (χ1) is 5.55. The fraction of sp³-hybridized carbons (Fsp3) is 0.200. The van der Waals surface area contributed by atoms with Gasteiger partial charge >= 0.3 is 58.4 Å². The molecule has 0 spiro atoms. The molecule has 8 heteroatoms. The molecule has 0 saturated heterocycles. The third-order valence-electron chi connectivity index (χ3n) is 1.19. The van der Waals surface area contributed by atoms with E-state index in [0.717, 1.165) is 19.5 Å². The van der Waals surface area contributed by atoms with Crippen molar-refractivity contribution in [1.82, 2.24) is 9.97 Å². The quantitative estimate of drug-likeness (QED) is 0.514. The molecule has 3 nitrogen and oxygen atoms in total. The van der Waals surface area contributed by atoms with Crippen LogP contribution in [-0.4, -0.2) is 24.1 Å². The van der Waals surface area contributed by atoms with Crippen LogP contribution in [0.25, 0.3) is 0 Å². The van der Waals surface area contributed by atoms with Crippen molar-refractivity contribution >= 4 is 12.6 Å². The summed E-state index contributed by atoms with van der Waals surface area (Å²) in [5.74, 6) is -0.481. The van der Waals surface area contributed by atoms with E-state index in [0.29, 0.717) is 0 Å². The monoisotopic (exact) mass is 216 g/mol. The molecule has 0 bridgehead atoms. The van der Waals surface area contributed by atoms with Crippen LogP contribution in [0, 0.1) is 0 Å². The van der Waals surface area contributed by atoms with E-state index in [9.17, 15) is 12.9 Å².